The minimum absolute atomic E-state index is 0.366. The van der Waals surface area contributed by atoms with Crippen LogP contribution < -0.4 is 5.73 Å². The number of nitrogens with two attached hydrogens (primary N) is 1. The first kappa shape index (κ1) is 12.9. The highest BCUT2D eigenvalue weighted by molar-refractivity contribution is 5.10. The highest BCUT2D eigenvalue weighted by Crippen LogP contribution is 2.54. The molecule has 104 valence electrons. The molecule has 18 heavy (non-hydrogen) atoms. The van der Waals surface area contributed by atoms with E-state index >= 15 is 0 Å². The fraction of sp³-hybridized carbons (Fsp3) is 1.00. The maximum Gasteiger partial charge on any atom is 0.0365 e. The zero-order valence-electron chi connectivity index (χ0n) is 12.4. The van der Waals surface area contributed by atoms with Crippen LogP contribution in [0.2, 0.25) is 0 Å². The fourth-order valence-electron chi connectivity index (χ4n) is 5.44. The van der Waals surface area contributed by atoms with E-state index in [0.717, 1.165) is 36.3 Å². The average molecular weight is 250 g/mol. The molecule has 2 bridgehead atoms. The Balaban J connectivity index is 1.87. The van der Waals surface area contributed by atoms with Crippen LogP contribution in [0.25, 0.3) is 0 Å². The van der Waals surface area contributed by atoms with Crippen molar-refractivity contribution in [1.82, 2.24) is 4.90 Å². The molecule has 0 spiro atoms. The summed E-state index contributed by atoms with van der Waals surface area (Å²) in [4.78, 5) is 2.84. The smallest absolute Gasteiger partial charge is 0.0365 e. The molecule has 2 saturated carbocycles. The molecule has 6 atom stereocenters. The molecule has 0 aromatic heterocycles. The highest BCUT2D eigenvalue weighted by Gasteiger charge is 2.55. The predicted octanol–water partition coefficient (Wildman–Crippen LogP) is 2.87. The highest BCUT2D eigenvalue weighted by atomic mass is 15.3. The molecule has 0 radical (unpaired) electrons. The Morgan fingerprint density at radius 2 is 1.94 bits per heavy atom. The van der Waals surface area contributed by atoms with Gasteiger partial charge in [-0.05, 0) is 56.3 Å². The number of hydrogen-bond donors (Lipinski definition) is 1. The van der Waals surface area contributed by atoms with Gasteiger partial charge < -0.3 is 5.73 Å². The second kappa shape index (κ2) is 4.49. The molecular weight excluding hydrogens is 220 g/mol. The first-order chi connectivity index (χ1) is 8.56. The lowest BCUT2D eigenvalue weighted by Crippen LogP contribution is -2.63. The monoisotopic (exact) mass is 250 g/mol. The molecule has 3 aliphatic rings. The van der Waals surface area contributed by atoms with Crippen molar-refractivity contribution in [2.75, 3.05) is 13.1 Å². The van der Waals surface area contributed by atoms with E-state index in [0.29, 0.717) is 5.54 Å². The van der Waals surface area contributed by atoms with Gasteiger partial charge in [-0.3, -0.25) is 4.90 Å². The van der Waals surface area contributed by atoms with E-state index in [9.17, 15) is 0 Å². The standard InChI is InChI=1S/C16H30N2/c1-11-6-12(2)13(3)18(9-11)16(10-17)8-14-4-5-15(16)7-14/h11-15H,4-10,17H2,1-3H3. The molecule has 1 saturated heterocycles. The van der Waals surface area contributed by atoms with Gasteiger partial charge in [0.2, 0.25) is 0 Å². The van der Waals surface area contributed by atoms with Crippen LogP contribution in [0.5, 0.6) is 0 Å². The van der Waals surface area contributed by atoms with E-state index in [-0.39, 0.29) is 0 Å². The van der Waals surface area contributed by atoms with Crippen molar-refractivity contribution in [2.24, 2.45) is 29.4 Å². The zero-order valence-corrected chi connectivity index (χ0v) is 12.4. The molecule has 3 fully saturated rings. The van der Waals surface area contributed by atoms with Gasteiger partial charge in [0.05, 0.1) is 0 Å². The average Bonchev–Trinajstić information content (AvgIpc) is 2.94. The number of nitrogens with zero attached hydrogens (tertiary/aromatic N) is 1. The summed E-state index contributed by atoms with van der Waals surface area (Å²) in [5.41, 5.74) is 6.66. The molecule has 1 heterocycles. The normalized spacial score (nSPS) is 53.0. The maximum absolute atomic E-state index is 6.30. The molecule has 2 heteroatoms. The van der Waals surface area contributed by atoms with Gasteiger partial charge in [0.15, 0.2) is 0 Å². The first-order valence-electron chi connectivity index (χ1n) is 8.03. The van der Waals surface area contributed by atoms with Gasteiger partial charge in [-0.15, -0.1) is 0 Å². The third-order valence-electron chi connectivity index (χ3n) is 6.47. The van der Waals surface area contributed by atoms with E-state index in [1.165, 1.54) is 38.6 Å². The van der Waals surface area contributed by atoms with Crippen molar-refractivity contribution in [3.05, 3.63) is 0 Å². The van der Waals surface area contributed by atoms with E-state index in [2.05, 4.69) is 25.7 Å². The van der Waals surface area contributed by atoms with Gasteiger partial charge in [0.1, 0.15) is 0 Å². The number of likely N-dealkylation sites (tertiary alicyclic amines) is 1. The van der Waals surface area contributed by atoms with Crippen LogP contribution >= 0.6 is 0 Å². The second-order valence-corrected chi connectivity index (χ2v) is 7.60. The molecule has 0 aromatic rings. The van der Waals surface area contributed by atoms with E-state index in [1.54, 1.807) is 0 Å². The number of rotatable bonds is 2. The number of hydrogen-bond acceptors (Lipinski definition) is 2. The van der Waals surface area contributed by atoms with Crippen LogP contribution in [0, 0.1) is 23.7 Å². The van der Waals surface area contributed by atoms with Crippen LogP contribution in [-0.2, 0) is 0 Å². The summed E-state index contributed by atoms with van der Waals surface area (Å²) >= 11 is 0. The molecule has 2 nitrogen and oxygen atoms in total. The molecule has 0 aromatic carbocycles. The van der Waals surface area contributed by atoms with Gasteiger partial charge in [-0.1, -0.05) is 20.3 Å². The maximum atomic E-state index is 6.30. The summed E-state index contributed by atoms with van der Waals surface area (Å²) in [6, 6.07) is 0.726. The Kier molecular flexibility index (Phi) is 3.22. The molecule has 2 aliphatic carbocycles. The third kappa shape index (κ3) is 1.76. The van der Waals surface area contributed by atoms with Gasteiger partial charge >= 0.3 is 0 Å². The predicted molar refractivity (Wildman–Crippen MR) is 76.3 cm³/mol. The Morgan fingerprint density at radius 1 is 1.17 bits per heavy atom. The van der Waals surface area contributed by atoms with Crippen molar-refractivity contribution in [1.29, 1.82) is 0 Å². The SMILES string of the molecule is CC1CC(C)C(C)N(C2(CN)CC3CCC2C3)C1. The second-order valence-electron chi connectivity index (χ2n) is 7.60. The molecule has 6 unspecified atom stereocenters. The molecule has 1 aliphatic heterocycles. The van der Waals surface area contributed by atoms with Crippen LogP contribution in [0.1, 0.15) is 52.9 Å². The fourth-order valence-corrected chi connectivity index (χ4v) is 5.44. The summed E-state index contributed by atoms with van der Waals surface area (Å²) in [6.45, 7) is 9.47. The van der Waals surface area contributed by atoms with Crippen LogP contribution in [0.3, 0.4) is 0 Å². The van der Waals surface area contributed by atoms with Crippen molar-refractivity contribution in [3.63, 3.8) is 0 Å². The van der Waals surface area contributed by atoms with E-state index in [1.807, 2.05) is 0 Å². The lowest BCUT2D eigenvalue weighted by atomic mass is 9.74. The lowest BCUT2D eigenvalue weighted by molar-refractivity contribution is -0.0446. The summed E-state index contributed by atoms with van der Waals surface area (Å²) < 4.78 is 0. The largest absolute Gasteiger partial charge is 0.329 e. The third-order valence-corrected chi connectivity index (χ3v) is 6.47. The Morgan fingerprint density at radius 3 is 2.50 bits per heavy atom. The number of fused-ring (bicyclic) bond motifs is 2. The summed E-state index contributed by atoms with van der Waals surface area (Å²) in [5.74, 6) is 3.56. The molecule has 3 rings (SSSR count). The van der Waals surface area contributed by atoms with E-state index < -0.39 is 0 Å². The van der Waals surface area contributed by atoms with E-state index in [4.69, 9.17) is 5.73 Å². The van der Waals surface area contributed by atoms with Gasteiger partial charge in [0, 0.05) is 24.7 Å². The van der Waals surface area contributed by atoms with Crippen molar-refractivity contribution < 1.29 is 0 Å². The van der Waals surface area contributed by atoms with Crippen molar-refractivity contribution in [2.45, 2.75) is 64.5 Å². The van der Waals surface area contributed by atoms with Crippen LogP contribution in [0.15, 0.2) is 0 Å². The molecule has 2 N–H and O–H groups in total. The summed E-state index contributed by atoms with van der Waals surface area (Å²) in [6.07, 6.45) is 7.15. The Bertz CT molecular complexity index is 316. The Hall–Kier alpha value is -0.0800. The number of piperidine rings is 1. The van der Waals surface area contributed by atoms with Gasteiger partial charge in [-0.25, -0.2) is 0 Å². The summed E-state index contributed by atoms with van der Waals surface area (Å²) in [7, 11) is 0. The van der Waals surface area contributed by atoms with Crippen molar-refractivity contribution in [3.8, 4) is 0 Å². The van der Waals surface area contributed by atoms with Crippen molar-refractivity contribution >= 4 is 0 Å². The Labute approximate surface area is 112 Å². The van der Waals surface area contributed by atoms with Crippen LogP contribution in [-0.4, -0.2) is 29.6 Å². The van der Waals surface area contributed by atoms with Gasteiger partial charge in [0.25, 0.3) is 0 Å². The molecular formula is C16H30N2. The minimum Gasteiger partial charge on any atom is -0.329 e. The minimum atomic E-state index is 0.366. The first-order valence-corrected chi connectivity index (χ1v) is 8.03. The van der Waals surface area contributed by atoms with Gasteiger partial charge in [-0.2, -0.15) is 0 Å². The quantitative estimate of drug-likeness (QED) is 0.816. The lowest BCUT2D eigenvalue weighted by Gasteiger charge is -2.54. The topological polar surface area (TPSA) is 29.3 Å². The molecule has 0 amide bonds. The van der Waals surface area contributed by atoms with Crippen LogP contribution in [0.4, 0.5) is 0 Å². The summed E-state index contributed by atoms with van der Waals surface area (Å²) in [5, 5.41) is 0. The zero-order chi connectivity index (χ0) is 12.9.